The number of carbonyl (C=O) groups is 1. The van der Waals surface area contributed by atoms with Crippen LogP contribution in [0.2, 0.25) is 0 Å². The molecule has 1 saturated heterocycles. The SMILES string of the molecule is Cn1nccc1-c1ccc(C2CN(C(=O)O)C2)cc1. The van der Waals surface area contributed by atoms with Crippen LogP contribution in [0, 0.1) is 0 Å². The van der Waals surface area contributed by atoms with Gasteiger partial charge in [-0.1, -0.05) is 24.3 Å². The van der Waals surface area contributed by atoms with Crippen molar-refractivity contribution in [1.82, 2.24) is 14.7 Å². The monoisotopic (exact) mass is 257 g/mol. The first-order valence-electron chi connectivity index (χ1n) is 6.21. The maximum atomic E-state index is 10.7. The Hall–Kier alpha value is -2.30. The van der Waals surface area contributed by atoms with E-state index in [0.29, 0.717) is 19.0 Å². The number of hydrogen-bond acceptors (Lipinski definition) is 2. The molecule has 0 spiro atoms. The lowest BCUT2D eigenvalue weighted by molar-refractivity contribution is 0.105. The van der Waals surface area contributed by atoms with Gasteiger partial charge in [-0.3, -0.25) is 4.68 Å². The molecule has 3 rings (SSSR count). The molecule has 0 bridgehead atoms. The number of likely N-dealkylation sites (tertiary alicyclic amines) is 1. The van der Waals surface area contributed by atoms with Crippen LogP contribution in [-0.4, -0.2) is 39.0 Å². The van der Waals surface area contributed by atoms with Crippen molar-refractivity contribution in [3.05, 3.63) is 42.1 Å². The summed E-state index contributed by atoms with van der Waals surface area (Å²) < 4.78 is 1.84. The number of hydrogen-bond donors (Lipinski definition) is 1. The zero-order valence-corrected chi connectivity index (χ0v) is 10.7. The molecular formula is C14H15N3O2. The molecule has 1 aromatic heterocycles. The highest BCUT2D eigenvalue weighted by Gasteiger charge is 2.31. The standard InChI is InChI=1S/C14H15N3O2/c1-16-13(6-7-15-16)11-4-2-10(3-5-11)12-8-17(9-12)14(18)19/h2-7,12H,8-9H2,1H3,(H,18,19). The third kappa shape index (κ3) is 2.07. The van der Waals surface area contributed by atoms with Gasteiger partial charge >= 0.3 is 6.09 Å². The predicted octanol–water partition coefficient (Wildman–Crippen LogP) is 2.16. The smallest absolute Gasteiger partial charge is 0.407 e. The van der Waals surface area contributed by atoms with Crippen LogP contribution in [0.4, 0.5) is 4.79 Å². The van der Waals surface area contributed by atoms with Gasteiger partial charge in [0.05, 0.1) is 5.69 Å². The molecule has 5 nitrogen and oxygen atoms in total. The van der Waals surface area contributed by atoms with Crippen molar-refractivity contribution in [3.63, 3.8) is 0 Å². The number of amides is 1. The largest absolute Gasteiger partial charge is 0.465 e. The minimum absolute atomic E-state index is 0.330. The van der Waals surface area contributed by atoms with E-state index >= 15 is 0 Å². The second-order valence-electron chi connectivity index (χ2n) is 4.85. The Balaban J connectivity index is 1.74. The van der Waals surface area contributed by atoms with Crippen molar-refractivity contribution >= 4 is 6.09 Å². The van der Waals surface area contributed by atoms with Crippen LogP contribution in [0.15, 0.2) is 36.5 Å². The van der Waals surface area contributed by atoms with Crippen LogP contribution in [0.25, 0.3) is 11.3 Å². The van der Waals surface area contributed by atoms with E-state index in [1.54, 1.807) is 6.20 Å². The predicted molar refractivity (Wildman–Crippen MR) is 71.0 cm³/mol. The first-order chi connectivity index (χ1) is 9.15. The van der Waals surface area contributed by atoms with Gasteiger partial charge in [-0.25, -0.2) is 4.79 Å². The number of aromatic nitrogens is 2. The Kier molecular flexibility index (Phi) is 2.74. The highest BCUT2D eigenvalue weighted by atomic mass is 16.4. The van der Waals surface area contributed by atoms with Crippen molar-refractivity contribution in [2.45, 2.75) is 5.92 Å². The van der Waals surface area contributed by atoms with E-state index in [1.807, 2.05) is 17.8 Å². The Morgan fingerprint density at radius 1 is 1.26 bits per heavy atom. The molecule has 0 aliphatic carbocycles. The van der Waals surface area contributed by atoms with Gasteiger partial charge in [0.1, 0.15) is 0 Å². The lowest BCUT2D eigenvalue weighted by Crippen LogP contribution is -2.47. The van der Waals surface area contributed by atoms with E-state index in [4.69, 9.17) is 5.11 Å². The molecule has 1 aliphatic rings. The number of carboxylic acid groups (broad SMARTS) is 1. The minimum Gasteiger partial charge on any atom is -0.465 e. The first-order valence-corrected chi connectivity index (χ1v) is 6.21. The van der Waals surface area contributed by atoms with Gasteiger partial charge in [0, 0.05) is 32.3 Å². The molecule has 2 heterocycles. The molecule has 1 N–H and O–H groups in total. The van der Waals surface area contributed by atoms with E-state index < -0.39 is 6.09 Å². The summed E-state index contributed by atoms with van der Waals surface area (Å²) in [6, 6.07) is 10.3. The van der Waals surface area contributed by atoms with E-state index in [-0.39, 0.29) is 0 Å². The van der Waals surface area contributed by atoms with Crippen molar-refractivity contribution in [2.24, 2.45) is 7.05 Å². The van der Waals surface area contributed by atoms with Gasteiger partial charge in [0.25, 0.3) is 0 Å². The summed E-state index contributed by atoms with van der Waals surface area (Å²) in [5.41, 5.74) is 3.40. The average molecular weight is 257 g/mol. The molecular weight excluding hydrogens is 242 g/mol. The first kappa shape index (κ1) is 11.8. The third-order valence-electron chi connectivity index (χ3n) is 3.65. The molecule has 5 heteroatoms. The van der Waals surface area contributed by atoms with Gasteiger partial charge in [-0.2, -0.15) is 5.10 Å². The fourth-order valence-corrected chi connectivity index (χ4v) is 2.43. The summed E-state index contributed by atoms with van der Waals surface area (Å²) in [5, 5.41) is 13.0. The maximum absolute atomic E-state index is 10.7. The average Bonchev–Trinajstić information content (AvgIpc) is 2.74. The molecule has 0 saturated carbocycles. The van der Waals surface area contributed by atoms with E-state index in [9.17, 15) is 4.79 Å². The highest BCUT2D eigenvalue weighted by molar-refractivity contribution is 5.67. The van der Waals surface area contributed by atoms with Gasteiger partial charge in [-0.15, -0.1) is 0 Å². The van der Waals surface area contributed by atoms with Gasteiger partial charge in [-0.05, 0) is 17.2 Å². The van der Waals surface area contributed by atoms with Crippen LogP contribution in [0.5, 0.6) is 0 Å². The van der Waals surface area contributed by atoms with E-state index in [1.165, 1.54) is 10.5 Å². The summed E-state index contributed by atoms with van der Waals surface area (Å²) >= 11 is 0. The van der Waals surface area contributed by atoms with Gasteiger partial charge in [0.2, 0.25) is 0 Å². The van der Waals surface area contributed by atoms with E-state index in [2.05, 4.69) is 29.4 Å². The van der Waals surface area contributed by atoms with Crippen molar-refractivity contribution in [3.8, 4) is 11.3 Å². The maximum Gasteiger partial charge on any atom is 0.407 e. The Morgan fingerprint density at radius 2 is 1.95 bits per heavy atom. The van der Waals surface area contributed by atoms with Crippen LogP contribution in [0.3, 0.4) is 0 Å². The summed E-state index contributed by atoms with van der Waals surface area (Å²) in [6.07, 6.45) is 0.947. The van der Waals surface area contributed by atoms with Crippen LogP contribution >= 0.6 is 0 Å². The molecule has 98 valence electrons. The molecule has 1 aliphatic heterocycles. The van der Waals surface area contributed by atoms with Crippen molar-refractivity contribution < 1.29 is 9.90 Å². The summed E-state index contributed by atoms with van der Waals surface area (Å²) in [4.78, 5) is 12.2. The molecule has 19 heavy (non-hydrogen) atoms. The van der Waals surface area contributed by atoms with Crippen LogP contribution in [-0.2, 0) is 7.05 Å². The molecule has 0 atom stereocenters. The molecule has 0 unspecified atom stereocenters. The molecule has 1 aromatic carbocycles. The van der Waals surface area contributed by atoms with Crippen molar-refractivity contribution in [1.29, 1.82) is 0 Å². The molecule has 1 fully saturated rings. The number of nitrogens with zero attached hydrogens (tertiary/aromatic N) is 3. The molecule has 1 amide bonds. The zero-order valence-electron chi connectivity index (χ0n) is 10.7. The molecule has 2 aromatic rings. The number of aryl methyl sites for hydroxylation is 1. The second kappa shape index (κ2) is 4.42. The van der Waals surface area contributed by atoms with E-state index in [0.717, 1.165) is 11.3 Å². The Labute approximate surface area is 111 Å². The summed E-state index contributed by atoms with van der Waals surface area (Å²) in [7, 11) is 1.92. The highest BCUT2D eigenvalue weighted by Crippen LogP contribution is 2.28. The fourth-order valence-electron chi connectivity index (χ4n) is 2.43. The topological polar surface area (TPSA) is 58.4 Å². The zero-order chi connectivity index (χ0) is 13.4. The fraction of sp³-hybridized carbons (Fsp3) is 0.286. The third-order valence-corrected chi connectivity index (χ3v) is 3.65. The number of rotatable bonds is 2. The Morgan fingerprint density at radius 3 is 2.47 bits per heavy atom. The summed E-state index contributed by atoms with van der Waals surface area (Å²) in [6.45, 7) is 1.20. The quantitative estimate of drug-likeness (QED) is 0.897. The van der Waals surface area contributed by atoms with Crippen molar-refractivity contribution in [2.75, 3.05) is 13.1 Å². The lowest BCUT2D eigenvalue weighted by atomic mass is 9.91. The normalized spacial score (nSPS) is 15.3. The molecule has 0 radical (unpaired) electrons. The second-order valence-corrected chi connectivity index (χ2v) is 4.85. The van der Waals surface area contributed by atoms with Gasteiger partial charge in [0.15, 0.2) is 0 Å². The summed E-state index contributed by atoms with van der Waals surface area (Å²) in [5.74, 6) is 0.330. The Bertz CT molecular complexity index is 597. The van der Waals surface area contributed by atoms with Gasteiger partial charge < -0.3 is 10.0 Å². The minimum atomic E-state index is -0.831. The van der Waals surface area contributed by atoms with Crippen LogP contribution < -0.4 is 0 Å². The number of benzene rings is 1. The van der Waals surface area contributed by atoms with Crippen LogP contribution in [0.1, 0.15) is 11.5 Å². The lowest BCUT2D eigenvalue weighted by Gasteiger charge is -2.37.